The first-order valence-corrected chi connectivity index (χ1v) is 11.5. The Morgan fingerprint density at radius 1 is 1.13 bits per heavy atom. The Morgan fingerprint density at radius 2 is 1.87 bits per heavy atom. The van der Waals surface area contributed by atoms with Gasteiger partial charge in [0, 0.05) is 10.5 Å². The maximum atomic E-state index is 10.4. The number of aromatic hydroxyl groups is 1. The highest BCUT2D eigenvalue weighted by atomic mass is 32.2. The molecule has 0 aromatic heterocycles. The van der Waals surface area contributed by atoms with E-state index in [9.17, 15) is 5.11 Å². The van der Waals surface area contributed by atoms with Crippen LogP contribution in [0.3, 0.4) is 0 Å². The molecule has 6 heteroatoms. The zero-order chi connectivity index (χ0) is 21.9. The summed E-state index contributed by atoms with van der Waals surface area (Å²) in [5, 5.41) is 10.4. The van der Waals surface area contributed by atoms with Crippen molar-refractivity contribution in [3.05, 3.63) is 46.5 Å². The van der Waals surface area contributed by atoms with Crippen molar-refractivity contribution in [3.8, 4) is 11.5 Å². The Hall–Kier alpha value is -2.34. The van der Waals surface area contributed by atoms with Gasteiger partial charge in [0.05, 0.1) is 5.69 Å². The Labute approximate surface area is 183 Å². The number of fused-ring (bicyclic) bond motifs is 1. The molecule has 0 radical (unpaired) electrons. The second kappa shape index (κ2) is 9.21. The number of benzene rings is 2. The van der Waals surface area contributed by atoms with E-state index in [1.165, 1.54) is 5.56 Å². The van der Waals surface area contributed by atoms with Gasteiger partial charge in [-0.25, -0.2) is 4.99 Å². The normalized spacial score (nSPS) is 17.9. The molecule has 5 N–H and O–H groups in total. The van der Waals surface area contributed by atoms with Crippen molar-refractivity contribution in [2.24, 2.45) is 16.5 Å². The number of aliphatic imine (C=N–C) groups is 1. The molecule has 2 aromatic carbocycles. The van der Waals surface area contributed by atoms with Gasteiger partial charge in [-0.2, -0.15) is 0 Å². The highest BCUT2D eigenvalue weighted by Crippen LogP contribution is 2.44. The molecule has 0 aliphatic carbocycles. The number of ether oxygens (including phenoxy) is 1. The van der Waals surface area contributed by atoms with Gasteiger partial charge in [0.15, 0.2) is 5.96 Å². The molecule has 1 unspecified atom stereocenters. The second-order valence-corrected chi connectivity index (χ2v) is 9.53. The fourth-order valence-corrected chi connectivity index (χ4v) is 5.07. The molecular weight excluding hydrogens is 394 g/mol. The zero-order valence-corrected chi connectivity index (χ0v) is 19.2. The maximum Gasteiger partial charge on any atom is 0.191 e. The average Bonchev–Trinajstić information content (AvgIpc) is 2.71. The molecule has 1 heterocycles. The maximum absolute atomic E-state index is 10.4. The number of para-hydroxylation sites is 1. The summed E-state index contributed by atoms with van der Waals surface area (Å²) in [7, 11) is 0. The van der Waals surface area contributed by atoms with Crippen molar-refractivity contribution in [1.82, 2.24) is 0 Å². The molecule has 1 atom stereocenters. The monoisotopic (exact) mass is 427 g/mol. The van der Waals surface area contributed by atoms with Gasteiger partial charge in [0.25, 0.3) is 0 Å². The van der Waals surface area contributed by atoms with Crippen LogP contribution >= 0.6 is 11.8 Å². The number of guanidine groups is 1. The van der Waals surface area contributed by atoms with Gasteiger partial charge in [-0.15, -0.1) is 11.8 Å². The van der Waals surface area contributed by atoms with Crippen LogP contribution in [0.15, 0.2) is 34.2 Å². The van der Waals surface area contributed by atoms with Crippen LogP contribution in [0.4, 0.5) is 5.69 Å². The molecule has 2 aromatic rings. The average molecular weight is 428 g/mol. The summed E-state index contributed by atoms with van der Waals surface area (Å²) in [5.41, 5.74) is 15.8. The van der Waals surface area contributed by atoms with Gasteiger partial charge < -0.3 is 21.3 Å². The van der Waals surface area contributed by atoms with E-state index in [2.05, 4.69) is 18.0 Å². The van der Waals surface area contributed by atoms with Crippen LogP contribution in [0, 0.1) is 20.8 Å². The summed E-state index contributed by atoms with van der Waals surface area (Å²) >= 11 is 1.78. The fraction of sp³-hybridized carbons (Fsp3) is 0.458. The van der Waals surface area contributed by atoms with E-state index in [1.807, 2.05) is 39.0 Å². The predicted molar refractivity (Wildman–Crippen MR) is 126 cm³/mol. The van der Waals surface area contributed by atoms with Crippen LogP contribution in [-0.4, -0.2) is 22.4 Å². The highest BCUT2D eigenvalue weighted by molar-refractivity contribution is 7.99. The molecule has 0 bridgehead atoms. The van der Waals surface area contributed by atoms with E-state index in [1.54, 1.807) is 11.8 Å². The second-order valence-electron chi connectivity index (χ2n) is 8.39. The molecule has 0 saturated heterocycles. The summed E-state index contributed by atoms with van der Waals surface area (Å²) in [6.07, 6.45) is 5.13. The largest absolute Gasteiger partial charge is 0.507 e. The standard InChI is InChI=1S/C24H33N3O2S/c1-15-16(2)22-18(17(3)21(15)28)11-13-24(4,29-22)12-7-8-14-30-20-10-6-5-9-19(20)27-23(25)26/h5-6,9-10,28H,7-8,11-14H2,1-4H3,(H4,25,26,27). The third-order valence-electron chi connectivity index (χ3n) is 6.06. The number of hydrogen-bond acceptors (Lipinski definition) is 4. The van der Waals surface area contributed by atoms with Crippen LogP contribution in [0.1, 0.15) is 54.9 Å². The zero-order valence-electron chi connectivity index (χ0n) is 18.4. The van der Waals surface area contributed by atoms with Crippen molar-refractivity contribution < 1.29 is 9.84 Å². The Kier molecular flexibility index (Phi) is 6.86. The molecule has 1 aliphatic rings. The van der Waals surface area contributed by atoms with Crippen molar-refractivity contribution in [2.75, 3.05) is 5.75 Å². The smallest absolute Gasteiger partial charge is 0.191 e. The van der Waals surface area contributed by atoms with Crippen LogP contribution in [-0.2, 0) is 6.42 Å². The molecule has 0 saturated carbocycles. The van der Waals surface area contributed by atoms with E-state index in [4.69, 9.17) is 16.2 Å². The highest BCUT2D eigenvalue weighted by Gasteiger charge is 2.34. The van der Waals surface area contributed by atoms with Crippen LogP contribution in [0.25, 0.3) is 0 Å². The van der Waals surface area contributed by atoms with E-state index in [0.717, 1.165) is 70.9 Å². The molecule has 0 amide bonds. The third-order valence-corrected chi connectivity index (χ3v) is 7.21. The van der Waals surface area contributed by atoms with E-state index in [-0.39, 0.29) is 11.6 Å². The number of phenols is 1. The summed E-state index contributed by atoms with van der Waals surface area (Å²) < 4.78 is 6.53. The quantitative estimate of drug-likeness (QED) is 0.242. The number of nitrogens with two attached hydrogens (primary N) is 2. The molecule has 3 rings (SSSR count). The first kappa shape index (κ1) is 22.3. The lowest BCUT2D eigenvalue weighted by molar-refractivity contribution is 0.0528. The van der Waals surface area contributed by atoms with E-state index in [0.29, 0.717) is 5.75 Å². The lowest BCUT2D eigenvalue weighted by Gasteiger charge is -2.38. The number of phenolic OH excluding ortho intramolecular Hbond substituents is 1. The molecule has 0 fully saturated rings. The third kappa shape index (κ3) is 4.86. The van der Waals surface area contributed by atoms with Crippen molar-refractivity contribution in [2.45, 2.75) is 70.3 Å². The minimum absolute atomic E-state index is 0.0831. The number of hydrogen-bond donors (Lipinski definition) is 3. The Bertz CT molecular complexity index is 954. The topological polar surface area (TPSA) is 93.9 Å². The lowest BCUT2D eigenvalue weighted by atomic mass is 9.85. The van der Waals surface area contributed by atoms with Gasteiger partial charge in [-0.3, -0.25) is 0 Å². The lowest BCUT2D eigenvalue weighted by Crippen LogP contribution is -2.37. The van der Waals surface area contributed by atoms with Gasteiger partial charge in [-0.05, 0) is 94.4 Å². The van der Waals surface area contributed by atoms with E-state index >= 15 is 0 Å². The SMILES string of the molecule is Cc1c(C)c2c(c(C)c1O)CCC(C)(CCCCSc1ccccc1N=C(N)N)O2. The first-order chi connectivity index (χ1) is 14.2. The Balaban J connectivity index is 1.56. The van der Waals surface area contributed by atoms with Gasteiger partial charge in [0.1, 0.15) is 17.1 Å². The number of unbranched alkanes of at least 4 members (excludes halogenated alkanes) is 1. The van der Waals surface area contributed by atoms with Gasteiger partial charge in [0.2, 0.25) is 0 Å². The molecular formula is C24H33N3O2S. The summed E-state index contributed by atoms with van der Waals surface area (Å²) in [4.78, 5) is 5.30. The molecule has 0 spiro atoms. The Morgan fingerprint density at radius 3 is 2.60 bits per heavy atom. The number of nitrogens with zero attached hydrogens (tertiary/aromatic N) is 1. The van der Waals surface area contributed by atoms with Crippen LogP contribution in [0.2, 0.25) is 0 Å². The number of thioether (sulfide) groups is 1. The summed E-state index contributed by atoms with van der Waals surface area (Å²) in [5.74, 6) is 2.49. The van der Waals surface area contributed by atoms with Crippen molar-refractivity contribution in [3.63, 3.8) is 0 Å². The number of rotatable bonds is 7. The van der Waals surface area contributed by atoms with Crippen LogP contribution < -0.4 is 16.2 Å². The minimum atomic E-state index is -0.158. The minimum Gasteiger partial charge on any atom is -0.507 e. The molecule has 5 nitrogen and oxygen atoms in total. The van der Waals surface area contributed by atoms with E-state index < -0.39 is 0 Å². The molecule has 1 aliphatic heterocycles. The summed E-state index contributed by atoms with van der Waals surface area (Å²) in [6, 6.07) is 7.93. The first-order valence-electron chi connectivity index (χ1n) is 10.5. The van der Waals surface area contributed by atoms with Gasteiger partial charge in [-0.1, -0.05) is 12.1 Å². The molecule has 30 heavy (non-hydrogen) atoms. The predicted octanol–water partition coefficient (Wildman–Crippen LogP) is 5.27. The van der Waals surface area contributed by atoms with Crippen LogP contribution in [0.5, 0.6) is 11.5 Å². The van der Waals surface area contributed by atoms with Crippen molar-refractivity contribution in [1.29, 1.82) is 0 Å². The van der Waals surface area contributed by atoms with Crippen molar-refractivity contribution >= 4 is 23.4 Å². The van der Waals surface area contributed by atoms with Gasteiger partial charge >= 0.3 is 0 Å². The molecule has 162 valence electrons. The fourth-order valence-electron chi connectivity index (χ4n) is 4.06. The summed E-state index contributed by atoms with van der Waals surface area (Å²) in [6.45, 7) is 8.21.